The molecule has 0 aliphatic heterocycles. The van der Waals surface area contributed by atoms with E-state index in [0.717, 1.165) is 10.9 Å². The molecule has 1 aromatic heterocycles. The maximum Gasteiger partial charge on any atom is 0.313 e. The van der Waals surface area contributed by atoms with Crippen LogP contribution in [-0.2, 0) is 16.8 Å². The number of aromatic hydroxyl groups is 1. The summed E-state index contributed by atoms with van der Waals surface area (Å²) in [6.45, 7) is 6.00. The van der Waals surface area contributed by atoms with Crippen molar-refractivity contribution in [1.29, 1.82) is 0 Å². The highest BCUT2D eigenvalue weighted by Gasteiger charge is 2.33. The van der Waals surface area contributed by atoms with Crippen LogP contribution in [0.15, 0.2) is 24.4 Å². The quantitative estimate of drug-likeness (QED) is 0.876. The highest BCUT2D eigenvalue weighted by atomic mass is 16.4. The Hall–Kier alpha value is -1.97. The predicted molar refractivity (Wildman–Crippen MR) is 69.9 cm³/mol. The number of nitrogens with zero attached hydrogens (tertiary/aromatic N) is 1. The number of phenols is 1. The van der Waals surface area contributed by atoms with Gasteiger partial charge in [-0.25, -0.2) is 0 Å². The molecular formula is C14H17NO3. The van der Waals surface area contributed by atoms with Crippen molar-refractivity contribution in [3.05, 3.63) is 30.0 Å². The van der Waals surface area contributed by atoms with Crippen LogP contribution >= 0.6 is 0 Å². The van der Waals surface area contributed by atoms with E-state index in [2.05, 4.69) is 0 Å². The molecule has 0 unspecified atom stereocenters. The summed E-state index contributed by atoms with van der Waals surface area (Å²) in [6.07, 6.45) is 1.82. The molecule has 0 radical (unpaired) electrons. The summed E-state index contributed by atoms with van der Waals surface area (Å²) in [5.74, 6) is -0.692. The molecule has 0 fully saturated rings. The smallest absolute Gasteiger partial charge is 0.313 e. The molecule has 4 heteroatoms. The molecule has 0 spiro atoms. The number of aromatic nitrogens is 1. The minimum atomic E-state index is -0.980. The fourth-order valence-corrected chi connectivity index (χ4v) is 2.20. The van der Waals surface area contributed by atoms with E-state index >= 15 is 0 Å². The van der Waals surface area contributed by atoms with Gasteiger partial charge in [-0.2, -0.15) is 0 Å². The number of carboxylic acid groups (broad SMARTS) is 1. The van der Waals surface area contributed by atoms with Crippen LogP contribution in [0.2, 0.25) is 0 Å². The summed E-state index contributed by atoms with van der Waals surface area (Å²) in [6, 6.07) is 5.20. The third-order valence-corrected chi connectivity index (χ3v) is 3.43. The number of rotatable bonds is 3. The summed E-state index contributed by atoms with van der Waals surface area (Å²) >= 11 is 0. The minimum Gasteiger partial charge on any atom is -0.506 e. The SMILES string of the molecule is CCn1cc(C(C)(C)C(=O)O)c2cccc(O)c21. The molecular weight excluding hydrogens is 230 g/mol. The Balaban J connectivity index is 2.82. The Morgan fingerprint density at radius 2 is 2.06 bits per heavy atom. The molecule has 0 atom stereocenters. The highest BCUT2D eigenvalue weighted by molar-refractivity contribution is 5.94. The van der Waals surface area contributed by atoms with Crippen molar-refractivity contribution in [1.82, 2.24) is 4.57 Å². The van der Waals surface area contributed by atoms with Gasteiger partial charge in [-0.1, -0.05) is 12.1 Å². The third kappa shape index (κ3) is 1.65. The number of fused-ring (bicyclic) bond motifs is 1. The van der Waals surface area contributed by atoms with Crippen LogP contribution < -0.4 is 0 Å². The molecule has 0 saturated carbocycles. The number of hydrogen-bond acceptors (Lipinski definition) is 2. The van der Waals surface area contributed by atoms with Crippen molar-refractivity contribution in [2.75, 3.05) is 0 Å². The van der Waals surface area contributed by atoms with Crippen molar-refractivity contribution in [3.8, 4) is 5.75 Å². The van der Waals surface area contributed by atoms with Crippen LogP contribution in [-0.4, -0.2) is 20.7 Å². The normalized spacial score (nSPS) is 11.9. The fraction of sp³-hybridized carbons (Fsp3) is 0.357. The average molecular weight is 247 g/mol. The number of hydrogen-bond donors (Lipinski definition) is 2. The zero-order valence-electron chi connectivity index (χ0n) is 10.8. The van der Waals surface area contributed by atoms with Crippen LogP contribution in [0.4, 0.5) is 0 Å². The van der Waals surface area contributed by atoms with Crippen molar-refractivity contribution in [2.45, 2.75) is 32.7 Å². The van der Waals surface area contributed by atoms with Crippen LogP contribution in [0.1, 0.15) is 26.3 Å². The Kier molecular flexibility index (Phi) is 2.81. The third-order valence-electron chi connectivity index (χ3n) is 3.43. The van der Waals surface area contributed by atoms with Gasteiger partial charge in [0.2, 0.25) is 0 Å². The van der Waals surface area contributed by atoms with E-state index in [1.54, 1.807) is 26.0 Å². The number of aliphatic carboxylic acids is 1. The lowest BCUT2D eigenvalue weighted by molar-refractivity contribution is -0.142. The van der Waals surface area contributed by atoms with Crippen molar-refractivity contribution in [3.63, 3.8) is 0 Å². The van der Waals surface area contributed by atoms with Gasteiger partial charge in [0.25, 0.3) is 0 Å². The van der Waals surface area contributed by atoms with Crippen LogP contribution in [0.25, 0.3) is 10.9 Å². The molecule has 2 rings (SSSR count). The predicted octanol–water partition coefficient (Wildman–Crippen LogP) is 2.73. The zero-order valence-corrected chi connectivity index (χ0v) is 10.8. The second-order valence-corrected chi connectivity index (χ2v) is 4.93. The Labute approximate surface area is 105 Å². The Morgan fingerprint density at radius 1 is 1.39 bits per heavy atom. The molecule has 0 bridgehead atoms. The molecule has 0 aliphatic rings. The van der Waals surface area contributed by atoms with E-state index in [0.29, 0.717) is 12.1 Å². The van der Waals surface area contributed by atoms with Crippen molar-refractivity contribution < 1.29 is 15.0 Å². The first-order valence-corrected chi connectivity index (χ1v) is 5.94. The van der Waals surface area contributed by atoms with Gasteiger partial charge < -0.3 is 14.8 Å². The van der Waals surface area contributed by atoms with Gasteiger partial charge in [-0.15, -0.1) is 0 Å². The van der Waals surface area contributed by atoms with Gasteiger partial charge in [0, 0.05) is 18.1 Å². The van der Waals surface area contributed by atoms with Gasteiger partial charge >= 0.3 is 5.97 Å². The minimum absolute atomic E-state index is 0.182. The topological polar surface area (TPSA) is 62.5 Å². The van der Waals surface area contributed by atoms with Crippen LogP contribution in [0.5, 0.6) is 5.75 Å². The largest absolute Gasteiger partial charge is 0.506 e. The number of para-hydroxylation sites is 1. The van der Waals surface area contributed by atoms with Crippen molar-refractivity contribution >= 4 is 16.9 Å². The van der Waals surface area contributed by atoms with Gasteiger partial charge in [-0.05, 0) is 32.4 Å². The second kappa shape index (κ2) is 4.05. The fourth-order valence-electron chi connectivity index (χ4n) is 2.20. The molecule has 4 nitrogen and oxygen atoms in total. The standard InChI is InChI=1S/C14H17NO3/c1-4-15-8-10(14(2,3)13(17)18)9-6-5-7-11(16)12(9)15/h5-8,16H,4H2,1-3H3,(H,17,18). The van der Waals surface area contributed by atoms with Crippen LogP contribution in [0, 0.1) is 0 Å². The first-order chi connectivity index (χ1) is 8.39. The molecule has 2 N–H and O–H groups in total. The number of phenolic OH excluding ortho intramolecular Hbond substituents is 1. The van der Waals surface area contributed by atoms with E-state index in [9.17, 15) is 15.0 Å². The summed E-state index contributed by atoms with van der Waals surface area (Å²) in [4.78, 5) is 11.4. The van der Waals surface area contributed by atoms with E-state index in [1.807, 2.05) is 23.8 Å². The monoisotopic (exact) mass is 247 g/mol. The lowest BCUT2D eigenvalue weighted by Gasteiger charge is -2.18. The molecule has 96 valence electrons. The lowest BCUT2D eigenvalue weighted by atomic mass is 9.84. The number of benzene rings is 1. The van der Waals surface area contributed by atoms with Crippen LogP contribution in [0.3, 0.4) is 0 Å². The molecule has 18 heavy (non-hydrogen) atoms. The summed E-state index contributed by atoms with van der Waals surface area (Å²) in [5.41, 5.74) is 0.444. The molecule has 0 saturated heterocycles. The van der Waals surface area contributed by atoms with Gasteiger partial charge in [-0.3, -0.25) is 4.79 Å². The highest BCUT2D eigenvalue weighted by Crippen LogP contribution is 2.35. The summed E-state index contributed by atoms with van der Waals surface area (Å²) < 4.78 is 1.88. The first kappa shape index (κ1) is 12.5. The Morgan fingerprint density at radius 3 is 2.61 bits per heavy atom. The number of carboxylic acids is 1. The van der Waals surface area contributed by atoms with E-state index in [4.69, 9.17) is 0 Å². The van der Waals surface area contributed by atoms with Gasteiger partial charge in [0.1, 0.15) is 5.75 Å². The summed E-state index contributed by atoms with van der Waals surface area (Å²) in [5, 5.41) is 20.1. The van der Waals surface area contributed by atoms with E-state index in [-0.39, 0.29) is 5.75 Å². The van der Waals surface area contributed by atoms with Gasteiger partial charge in [0.05, 0.1) is 10.9 Å². The van der Waals surface area contributed by atoms with E-state index in [1.165, 1.54) is 0 Å². The number of aryl methyl sites for hydroxylation is 1. The number of carbonyl (C=O) groups is 1. The molecule has 1 heterocycles. The molecule has 0 aliphatic carbocycles. The summed E-state index contributed by atoms with van der Waals surface area (Å²) in [7, 11) is 0. The average Bonchev–Trinajstić information content (AvgIpc) is 2.69. The van der Waals surface area contributed by atoms with E-state index < -0.39 is 11.4 Å². The molecule has 1 aromatic carbocycles. The second-order valence-electron chi connectivity index (χ2n) is 4.93. The first-order valence-electron chi connectivity index (χ1n) is 5.94. The zero-order chi connectivity index (χ0) is 13.5. The van der Waals surface area contributed by atoms with Crippen molar-refractivity contribution in [2.24, 2.45) is 0 Å². The Bertz CT molecular complexity index is 611. The molecule has 0 amide bonds. The molecule has 2 aromatic rings. The van der Waals surface area contributed by atoms with Gasteiger partial charge in [0.15, 0.2) is 0 Å². The lowest BCUT2D eigenvalue weighted by Crippen LogP contribution is -2.28. The maximum atomic E-state index is 11.4. The maximum absolute atomic E-state index is 11.4.